The average molecular weight is 257 g/mol. The molecule has 2 N–H and O–H groups in total. The van der Waals surface area contributed by atoms with Crippen LogP contribution in [0.1, 0.15) is 44.5 Å². The lowest BCUT2D eigenvalue weighted by atomic mass is 10.0. The molecular formula is C16H23N3. The summed E-state index contributed by atoms with van der Waals surface area (Å²) >= 11 is 0. The van der Waals surface area contributed by atoms with Crippen molar-refractivity contribution in [3.8, 4) is 5.69 Å². The van der Waals surface area contributed by atoms with E-state index in [0.717, 1.165) is 17.8 Å². The highest BCUT2D eigenvalue weighted by Crippen LogP contribution is 2.22. The molecule has 0 saturated heterocycles. The normalized spacial score (nSPS) is 12.9. The Labute approximate surface area is 115 Å². The maximum atomic E-state index is 6.24. The first kappa shape index (κ1) is 13.8. The first-order valence-electron chi connectivity index (χ1n) is 7.00. The lowest BCUT2D eigenvalue weighted by molar-refractivity contribution is 0.497. The quantitative estimate of drug-likeness (QED) is 0.891. The molecule has 0 aliphatic carbocycles. The van der Waals surface area contributed by atoms with E-state index in [2.05, 4.69) is 54.6 Å². The van der Waals surface area contributed by atoms with E-state index in [1.807, 2.05) is 12.5 Å². The minimum atomic E-state index is 0.0119. The Balaban J connectivity index is 2.29. The third-order valence-electron chi connectivity index (χ3n) is 3.48. The fourth-order valence-corrected chi connectivity index (χ4v) is 2.22. The number of nitrogens with zero attached hydrogens (tertiary/aromatic N) is 2. The second kappa shape index (κ2) is 6.02. The van der Waals surface area contributed by atoms with E-state index in [1.54, 1.807) is 0 Å². The van der Waals surface area contributed by atoms with Crippen molar-refractivity contribution in [2.24, 2.45) is 11.7 Å². The number of hydrogen-bond acceptors (Lipinski definition) is 2. The topological polar surface area (TPSA) is 43.8 Å². The van der Waals surface area contributed by atoms with Crippen molar-refractivity contribution in [2.75, 3.05) is 0 Å². The Kier molecular flexibility index (Phi) is 4.38. The van der Waals surface area contributed by atoms with Gasteiger partial charge < -0.3 is 10.3 Å². The van der Waals surface area contributed by atoms with Crippen molar-refractivity contribution in [2.45, 2.75) is 39.7 Å². The van der Waals surface area contributed by atoms with E-state index in [0.29, 0.717) is 5.92 Å². The molecule has 0 amide bonds. The summed E-state index contributed by atoms with van der Waals surface area (Å²) < 4.78 is 2.08. The molecule has 102 valence electrons. The average Bonchev–Trinajstić information content (AvgIpc) is 2.88. The summed E-state index contributed by atoms with van der Waals surface area (Å²) in [5.41, 5.74) is 9.81. The van der Waals surface area contributed by atoms with Crippen LogP contribution in [-0.2, 0) is 6.42 Å². The molecule has 0 saturated carbocycles. The van der Waals surface area contributed by atoms with Gasteiger partial charge in [0.05, 0.1) is 18.2 Å². The van der Waals surface area contributed by atoms with Crippen LogP contribution in [-0.4, -0.2) is 9.55 Å². The van der Waals surface area contributed by atoms with Crippen LogP contribution in [0.3, 0.4) is 0 Å². The van der Waals surface area contributed by atoms with Gasteiger partial charge in [0.1, 0.15) is 0 Å². The molecule has 0 bridgehead atoms. The number of hydrogen-bond donors (Lipinski definition) is 1. The summed E-state index contributed by atoms with van der Waals surface area (Å²) in [5, 5.41) is 0. The SMILES string of the molecule is CCCc1ccc(-n2cncc2C(N)C(C)C)cc1. The molecule has 1 atom stereocenters. The molecule has 3 heteroatoms. The van der Waals surface area contributed by atoms with Crippen LogP contribution in [0, 0.1) is 5.92 Å². The van der Waals surface area contributed by atoms with Crippen molar-refractivity contribution in [3.05, 3.63) is 48.0 Å². The second-order valence-electron chi connectivity index (χ2n) is 5.37. The van der Waals surface area contributed by atoms with E-state index in [1.165, 1.54) is 12.0 Å². The van der Waals surface area contributed by atoms with Gasteiger partial charge in [0, 0.05) is 11.7 Å². The highest BCUT2D eigenvalue weighted by molar-refractivity contribution is 5.37. The smallest absolute Gasteiger partial charge is 0.0994 e. The minimum Gasteiger partial charge on any atom is -0.322 e. The van der Waals surface area contributed by atoms with Gasteiger partial charge in [-0.1, -0.05) is 39.3 Å². The van der Waals surface area contributed by atoms with Gasteiger partial charge >= 0.3 is 0 Å². The monoisotopic (exact) mass is 257 g/mol. The molecule has 1 heterocycles. The molecule has 2 aromatic rings. The van der Waals surface area contributed by atoms with E-state index in [4.69, 9.17) is 5.73 Å². The zero-order valence-electron chi connectivity index (χ0n) is 12.0. The number of benzene rings is 1. The van der Waals surface area contributed by atoms with Crippen LogP contribution >= 0.6 is 0 Å². The zero-order chi connectivity index (χ0) is 13.8. The molecule has 2 rings (SSSR count). The van der Waals surface area contributed by atoms with Crippen LogP contribution in [0.5, 0.6) is 0 Å². The third-order valence-corrected chi connectivity index (χ3v) is 3.48. The molecular weight excluding hydrogens is 234 g/mol. The molecule has 1 aromatic carbocycles. The summed E-state index contributed by atoms with van der Waals surface area (Å²) in [4.78, 5) is 4.24. The van der Waals surface area contributed by atoms with Crippen molar-refractivity contribution in [1.82, 2.24) is 9.55 Å². The fourth-order valence-electron chi connectivity index (χ4n) is 2.22. The van der Waals surface area contributed by atoms with Gasteiger partial charge in [-0.05, 0) is 30.0 Å². The maximum absolute atomic E-state index is 6.24. The lowest BCUT2D eigenvalue weighted by Gasteiger charge is -2.18. The van der Waals surface area contributed by atoms with E-state index >= 15 is 0 Å². The number of aryl methyl sites for hydroxylation is 1. The highest BCUT2D eigenvalue weighted by Gasteiger charge is 2.15. The lowest BCUT2D eigenvalue weighted by Crippen LogP contribution is -2.19. The Bertz CT molecular complexity index is 511. The molecule has 0 spiro atoms. The highest BCUT2D eigenvalue weighted by atomic mass is 15.1. The number of nitrogens with two attached hydrogens (primary N) is 1. The van der Waals surface area contributed by atoms with Crippen LogP contribution in [0.25, 0.3) is 5.69 Å². The van der Waals surface area contributed by atoms with E-state index in [-0.39, 0.29) is 6.04 Å². The third kappa shape index (κ3) is 3.04. The molecule has 19 heavy (non-hydrogen) atoms. The van der Waals surface area contributed by atoms with E-state index in [9.17, 15) is 0 Å². The molecule has 0 fully saturated rings. The van der Waals surface area contributed by atoms with Gasteiger partial charge in [-0.25, -0.2) is 4.98 Å². The predicted octanol–water partition coefficient (Wildman–Crippen LogP) is 3.48. The first-order chi connectivity index (χ1) is 9.13. The summed E-state index contributed by atoms with van der Waals surface area (Å²) in [6, 6.07) is 8.66. The number of rotatable bonds is 5. The summed E-state index contributed by atoms with van der Waals surface area (Å²) in [7, 11) is 0. The largest absolute Gasteiger partial charge is 0.322 e. The van der Waals surface area contributed by atoms with Crippen molar-refractivity contribution >= 4 is 0 Å². The maximum Gasteiger partial charge on any atom is 0.0994 e. The summed E-state index contributed by atoms with van der Waals surface area (Å²) in [6.07, 6.45) is 6.01. The standard InChI is InChI=1S/C16H23N3/c1-4-5-13-6-8-14(9-7-13)19-11-18-10-15(19)16(17)12(2)3/h6-12,16H,4-5,17H2,1-3H3. The number of aromatic nitrogens is 2. The molecule has 0 aliphatic heterocycles. The summed E-state index contributed by atoms with van der Waals surface area (Å²) in [5.74, 6) is 0.398. The first-order valence-corrected chi connectivity index (χ1v) is 7.00. The molecule has 3 nitrogen and oxygen atoms in total. The van der Waals surface area contributed by atoms with E-state index < -0.39 is 0 Å². The minimum absolute atomic E-state index is 0.0119. The van der Waals surface area contributed by atoms with Crippen LogP contribution in [0.2, 0.25) is 0 Å². The van der Waals surface area contributed by atoms with Gasteiger partial charge in [-0.3, -0.25) is 0 Å². The second-order valence-corrected chi connectivity index (χ2v) is 5.37. The van der Waals surface area contributed by atoms with Crippen LogP contribution < -0.4 is 5.73 Å². The van der Waals surface area contributed by atoms with Crippen molar-refractivity contribution in [1.29, 1.82) is 0 Å². The molecule has 1 unspecified atom stereocenters. The van der Waals surface area contributed by atoms with Gasteiger partial charge in [-0.15, -0.1) is 0 Å². The Morgan fingerprint density at radius 3 is 2.47 bits per heavy atom. The molecule has 1 aromatic heterocycles. The van der Waals surface area contributed by atoms with Gasteiger partial charge in [-0.2, -0.15) is 0 Å². The van der Waals surface area contributed by atoms with Gasteiger partial charge in [0.2, 0.25) is 0 Å². The predicted molar refractivity (Wildman–Crippen MR) is 79.3 cm³/mol. The fraction of sp³-hybridized carbons (Fsp3) is 0.438. The van der Waals surface area contributed by atoms with Gasteiger partial charge in [0.15, 0.2) is 0 Å². The molecule has 0 aliphatic rings. The Hall–Kier alpha value is -1.61. The van der Waals surface area contributed by atoms with Crippen LogP contribution in [0.15, 0.2) is 36.8 Å². The van der Waals surface area contributed by atoms with Crippen molar-refractivity contribution < 1.29 is 0 Å². The Morgan fingerprint density at radius 2 is 1.89 bits per heavy atom. The zero-order valence-corrected chi connectivity index (χ0v) is 12.0. The van der Waals surface area contributed by atoms with Crippen molar-refractivity contribution in [3.63, 3.8) is 0 Å². The molecule has 0 radical (unpaired) electrons. The van der Waals surface area contributed by atoms with Crippen LogP contribution in [0.4, 0.5) is 0 Å². The van der Waals surface area contributed by atoms with Gasteiger partial charge in [0.25, 0.3) is 0 Å². The summed E-state index contributed by atoms with van der Waals surface area (Å²) in [6.45, 7) is 6.46. The Morgan fingerprint density at radius 1 is 1.21 bits per heavy atom. The number of imidazole rings is 1.